The summed E-state index contributed by atoms with van der Waals surface area (Å²) >= 11 is 6.14. The van der Waals surface area contributed by atoms with Crippen molar-refractivity contribution in [3.63, 3.8) is 0 Å². The molecule has 0 bridgehead atoms. The number of halogens is 1. The summed E-state index contributed by atoms with van der Waals surface area (Å²) in [6, 6.07) is 16.8. The molecule has 3 aromatic rings. The Hall–Kier alpha value is -4.37. The molecule has 0 N–H and O–H groups in total. The van der Waals surface area contributed by atoms with Gasteiger partial charge in [-0.15, -0.1) is 0 Å². The van der Waals surface area contributed by atoms with Gasteiger partial charge in [0, 0.05) is 43.6 Å². The van der Waals surface area contributed by atoms with E-state index in [0.29, 0.717) is 59.3 Å². The number of esters is 1. The Morgan fingerprint density at radius 3 is 2.31 bits per heavy atom. The Labute approximate surface area is 288 Å². The molecular weight excluding hydrogens is 628 g/mol. The molecule has 0 unspecified atom stereocenters. The molecule has 1 fully saturated rings. The number of carbonyl (C=O) groups is 3. The van der Waals surface area contributed by atoms with E-state index < -0.39 is 5.97 Å². The normalized spacial score (nSPS) is 14.5. The SMILES string of the molecule is CC(=O)N(C1=Nc2ccc(OCCCC(=O)N(C)C3CCCCC3)cc2CN1CC(=O)Oc1c(C)cc(C)cc1C)c1ccc(Cl)cc1. The molecule has 0 saturated heterocycles. The van der Waals surface area contributed by atoms with Gasteiger partial charge in [-0.05, 0) is 93.6 Å². The first-order chi connectivity index (χ1) is 23.0. The highest BCUT2D eigenvalue weighted by Crippen LogP contribution is 2.33. The molecule has 2 aliphatic rings. The zero-order chi connectivity index (χ0) is 34.4. The number of rotatable bonds is 10. The van der Waals surface area contributed by atoms with E-state index in [9.17, 15) is 14.4 Å². The number of nitrogens with zero attached hydrogens (tertiary/aromatic N) is 4. The average Bonchev–Trinajstić information content (AvgIpc) is 3.05. The van der Waals surface area contributed by atoms with Gasteiger partial charge < -0.3 is 19.3 Å². The maximum Gasteiger partial charge on any atom is 0.331 e. The summed E-state index contributed by atoms with van der Waals surface area (Å²) in [5.41, 5.74) is 4.89. The smallest absolute Gasteiger partial charge is 0.331 e. The van der Waals surface area contributed by atoms with Crippen molar-refractivity contribution in [1.82, 2.24) is 9.80 Å². The van der Waals surface area contributed by atoms with Crippen LogP contribution < -0.4 is 14.4 Å². The van der Waals surface area contributed by atoms with Crippen LogP contribution in [0.25, 0.3) is 0 Å². The number of hydrogen-bond acceptors (Lipinski definition) is 7. The number of carbonyl (C=O) groups excluding carboxylic acids is 3. The molecule has 5 rings (SSSR count). The molecule has 3 aromatic carbocycles. The minimum Gasteiger partial charge on any atom is -0.494 e. The standard InChI is InChI=1S/C38H45ClN4O5/c1-25-20-26(2)37(27(3)21-25)48-36(46)24-42-23-29-22-33(47-19-9-12-35(45)41(5)31-10-7-6-8-11-31)17-18-34(29)40-38(42)43(28(4)44)32-15-13-30(39)14-16-32/h13-18,20-22,31H,6-12,19,23-24H2,1-5H3. The van der Waals surface area contributed by atoms with Crippen molar-refractivity contribution in [2.75, 3.05) is 25.1 Å². The third-order valence-corrected chi connectivity index (χ3v) is 9.23. The number of aliphatic imine (C=N–C) groups is 1. The highest BCUT2D eigenvalue weighted by atomic mass is 35.5. The first-order valence-corrected chi connectivity index (χ1v) is 17.1. The molecule has 48 heavy (non-hydrogen) atoms. The zero-order valence-electron chi connectivity index (χ0n) is 28.6. The molecule has 1 saturated carbocycles. The van der Waals surface area contributed by atoms with E-state index in [1.165, 1.54) is 31.1 Å². The lowest BCUT2D eigenvalue weighted by molar-refractivity contribution is -0.135. The van der Waals surface area contributed by atoms with Crippen LogP contribution in [0.2, 0.25) is 5.02 Å². The van der Waals surface area contributed by atoms with Crippen LogP contribution in [0.1, 0.15) is 74.1 Å². The summed E-state index contributed by atoms with van der Waals surface area (Å²) in [4.78, 5) is 49.3. The molecule has 0 aromatic heterocycles. The predicted molar refractivity (Wildman–Crippen MR) is 189 cm³/mol. The zero-order valence-corrected chi connectivity index (χ0v) is 29.3. The van der Waals surface area contributed by atoms with Crippen molar-refractivity contribution in [2.45, 2.75) is 85.2 Å². The van der Waals surface area contributed by atoms with E-state index in [4.69, 9.17) is 26.1 Å². The molecule has 0 atom stereocenters. The van der Waals surface area contributed by atoms with E-state index in [0.717, 1.165) is 35.1 Å². The first-order valence-electron chi connectivity index (χ1n) is 16.7. The van der Waals surface area contributed by atoms with Gasteiger partial charge in [-0.1, -0.05) is 48.6 Å². The second kappa shape index (κ2) is 15.7. The molecule has 9 nitrogen and oxygen atoms in total. The Bertz CT molecular complexity index is 1660. The number of ether oxygens (including phenoxy) is 2. The Kier molecular flexibility index (Phi) is 11.4. The number of amides is 2. The first kappa shape index (κ1) is 35.0. The van der Waals surface area contributed by atoms with Crippen molar-refractivity contribution >= 4 is 46.7 Å². The van der Waals surface area contributed by atoms with Crippen LogP contribution in [0, 0.1) is 20.8 Å². The number of aryl methyl sites for hydroxylation is 3. The van der Waals surface area contributed by atoms with Gasteiger partial charge in [0.15, 0.2) is 0 Å². The summed E-state index contributed by atoms with van der Waals surface area (Å²) in [6.07, 6.45) is 6.85. The lowest BCUT2D eigenvalue weighted by atomic mass is 9.94. The van der Waals surface area contributed by atoms with E-state index >= 15 is 0 Å². The lowest BCUT2D eigenvalue weighted by Crippen LogP contribution is -2.50. The van der Waals surface area contributed by atoms with Crippen LogP contribution in [0.5, 0.6) is 11.5 Å². The van der Waals surface area contributed by atoms with Crippen LogP contribution in [0.15, 0.2) is 59.6 Å². The minimum atomic E-state index is -0.476. The third kappa shape index (κ3) is 8.55. The Balaban J connectivity index is 1.33. The highest BCUT2D eigenvalue weighted by molar-refractivity contribution is 6.30. The van der Waals surface area contributed by atoms with E-state index in [1.807, 2.05) is 63.1 Å². The number of benzene rings is 3. The number of guanidine groups is 1. The number of anilines is 1. The topological polar surface area (TPSA) is 91.8 Å². The van der Waals surface area contributed by atoms with Gasteiger partial charge in [-0.25, -0.2) is 9.79 Å². The monoisotopic (exact) mass is 672 g/mol. The van der Waals surface area contributed by atoms with Crippen LogP contribution in [0.4, 0.5) is 11.4 Å². The quantitative estimate of drug-likeness (QED) is 0.125. The van der Waals surface area contributed by atoms with Crippen LogP contribution in [-0.2, 0) is 20.9 Å². The van der Waals surface area contributed by atoms with Crippen LogP contribution >= 0.6 is 11.6 Å². The molecule has 0 spiro atoms. The van der Waals surface area contributed by atoms with Crippen molar-refractivity contribution in [1.29, 1.82) is 0 Å². The fourth-order valence-electron chi connectivity index (χ4n) is 6.58. The van der Waals surface area contributed by atoms with E-state index in [1.54, 1.807) is 29.2 Å². The summed E-state index contributed by atoms with van der Waals surface area (Å²) in [5, 5.41) is 0.538. The Morgan fingerprint density at radius 1 is 0.958 bits per heavy atom. The molecular formula is C38H45ClN4O5. The average molecular weight is 673 g/mol. The Morgan fingerprint density at radius 2 is 1.65 bits per heavy atom. The lowest BCUT2D eigenvalue weighted by Gasteiger charge is -2.35. The fourth-order valence-corrected chi connectivity index (χ4v) is 6.71. The van der Waals surface area contributed by atoms with Gasteiger partial charge >= 0.3 is 5.97 Å². The predicted octanol–water partition coefficient (Wildman–Crippen LogP) is 7.68. The van der Waals surface area contributed by atoms with E-state index in [-0.39, 0.29) is 24.9 Å². The summed E-state index contributed by atoms with van der Waals surface area (Å²) in [7, 11) is 1.92. The van der Waals surface area contributed by atoms with Crippen molar-refractivity contribution in [2.24, 2.45) is 4.99 Å². The van der Waals surface area contributed by atoms with Crippen molar-refractivity contribution < 1.29 is 23.9 Å². The number of fused-ring (bicyclic) bond motifs is 1. The van der Waals surface area contributed by atoms with Gasteiger partial charge in [0.2, 0.25) is 17.8 Å². The van der Waals surface area contributed by atoms with Crippen molar-refractivity contribution in [3.05, 3.63) is 81.9 Å². The molecule has 2 amide bonds. The second-order valence-corrected chi connectivity index (χ2v) is 13.3. The minimum absolute atomic E-state index is 0.149. The molecule has 10 heteroatoms. The van der Waals surface area contributed by atoms with Gasteiger partial charge in [-0.3, -0.25) is 14.5 Å². The van der Waals surface area contributed by atoms with Crippen molar-refractivity contribution in [3.8, 4) is 11.5 Å². The summed E-state index contributed by atoms with van der Waals surface area (Å²) < 4.78 is 11.9. The summed E-state index contributed by atoms with van der Waals surface area (Å²) in [6.45, 7) is 7.82. The number of hydrogen-bond donors (Lipinski definition) is 0. The molecule has 254 valence electrons. The van der Waals surface area contributed by atoms with Gasteiger partial charge in [0.1, 0.15) is 18.0 Å². The summed E-state index contributed by atoms with van der Waals surface area (Å²) in [5.74, 6) is 0.896. The maximum atomic E-state index is 13.5. The largest absolute Gasteiger partial charge is 0.494 e. The van der Waals surface area contributed by atoms with Crippen LogP contribution in [-0.4, -0.2) is 59.8 Å². The third-order valence-electron chi connectivity index (χ3n) is 8.98. The van der Waals surface area contributed by atoms with Crippen LogP contribution in [0.3, 0.4) is 0 Å². The molecule has 1 aliphatic heterocycles. The molecule has 1 aliphatic carbocycles. The van der Waals surface area contributed by atoms with Gasteiger partial charge in [0.05, 0.1) is 18.0 Å². The maximum absolute atomic E-state index is 13.5. The fraction of sp³-hybridized carbons (Fsp3) is 0.421. The molecule has 1 heterocycles. The highest BCUT2D eigenvalue weighted by Gasteiger charge is 2.31. The van der Waals surface area contributed by atoms with Gasteiger partial charge in [0.25, 0.3) is 0 Å². The van der Waals surface area contributed by atoms with Gasteiger partial charge in [-0.2, -0.15) is 0 Å². The molecule has 0 radical (unpaired) electrons. The van der Waals surface area contributed by atoms with E-state index in [2.05, 4.69) is 0 Å². The second-order valence-electron chi connectivity index (χ2n) is 12.8.